The lowest BCUT2D eigenvalue weighted by atomic mass is 10.3. The lowest BCUT2D eigenvalue weighted by molar-refractivity contribution is 0.350. The van der Waals surface area contributed by atoms with Crippen molar-refractivity contribution in [3.8, 4) is 17.7 Å². The average Bonchev–Trinajstić information content (AvgIpc) is 2.16. The molecule has 2 nitrogen and oxygen atoms in total. The molecule has 0 aliphatic carbocycles. The summed E-state index contributed by atoms with van der Waals surface area (Å²) in [6.07, 6.45) is 5.19. The molecule has 0 fully saturated rings. The van der Waals surface area contributed by atoms with Gasteiger partial charge in [-0.3, -0.25) is 0 Å². The van der Waals surface area contributed by atoms with Gasteiger partial charge in [-0.05, 0) is 12.1 Å². The summed E-state index contributed by atoms with van der Waals surface area (Å²) in [5.41, 5.74) is 2.49. The third-order valence-electron chi connectivity index (χ3n) is 1.34. The molecule has 0 aromatic heterocycles. The van der Waals surface area contributed by atoms with E-state index in [1.807, 2.05) is 30.3 Å². The van der Waals surface area contributed by atoms with Crippen molar-refractivity contribution in [3.05, 3.63) is 30.3 Å². The normalized spacial score (nSPS) is 11.7. The van der Waals surface area contributed by atoms with Crippen LogP contribution in [-0.4, -0.2) is 16.4 Å². The van der Waals surface area contributed by atoms with Gasteiger partial charge in [-0.2, -0.15) is 0 Å². The van der Waals surface area contributed by atoms with E-state index >= 15 is 0 Å². The molecule has 0 spiro atoms. The van der Waals surface area contributed by atoms with Gasteiger partial charge in [-0.15, -0.1) is 6.42 Å². The van der Waals surface area contributed by atoms with E-state index in [0.717, 1.165) is 5.75 Å². The highest BCUT2D eigenvalue weighted by molar-refractivity contribution is 6.55. The Labute approximate surface area is 74.0 Å². The maximum atomic E-state index is 5.39. The van der Waals surface area contributed by atoms with E-state index in [4.69, 9.17) is 15.3 Å². The first-order valence-electron chi connectivity index (χ1n) is 3.57. The van der Waals surface area contributed by atoms with E-state index in [1.54, 1.807) is 7.11 Å². The topological polar surface area (TPSA) is 18.5 Å². The molecule has 12 heavy (non-hydrogen) atoms. The Bertz CT molecular complexity index is 266. The van der Waals surface area contributed by atoms with Gasteiger partial charge in [-0.1, -0.05) is 23.7 Å². The first-order valence-corrected chi connectivity index (χ1v) is 5.09. The molecule has 1 atom stereocenters. The summed E-state index contributed by atoms with van der Waals surface area (Å²) in [5, 5.41) is 0. The van der Waals surface area contributed by atoms with Crippen molar-refractivity contribution in [1.82, 2.24) is 0 Å². The minimum absolute atomic E-state index is 0.772. The van der Waals surface area contributed by atoms with Gasteiger partial charge in [0.25, 0.3) is 0 Å². The lowest BCUT2D eigenvalue weighted by Crippen LogP contribution is -2.22. The Morgan fingerprint density at radius 2 is 2.00 bits per heavy atom. The van der Waals surface area contributed by atoms with E-state index in [2.05, 4.69) is 5.54 Å². The van der Waals surface area contributed by atoms with Crippen LogP contribution in [0.4, 0.5) is 0 Å². The molecule has 0 heterocycles. The minimum Gasteiger partial charge on any atom is -0.514 e. The largest absolute Gasteiger partial charge is 0.514 e. The Morgan fingerprint density at radius 1 is 1.33 bits per heavy atom. The number of terminal acetylenes is 1. The molecule has 0 amide bonds. The Hall–Kier alpha value is -1.24. The van der Waals surface area contributed by atoms with Crippen LogP contribution in [0.1, 0.15) is 0 Å². The highest BCUT2D eigenvalue weighted by atomic mass is 28.3. The first kappa shape index (κ1) is 8.85. The molecule has 62 valence electrons. The maximum Gasteiger partial charge on any atom is 0.468 e. The number of para-hydroxylation sites is 1. The zero-order valence-electron chi connectivity index (χ0n) is 6.86. The Morgan fingerprint density at radius 3 is 2.50 bits per heavy atom. The van der Waals surface area contributed by atoms with Crippen LogP contribution in [-0.2, 0) is 4.43 Å². The first-order chi connectivity index (χ1) is 5.86. The monoisotopic (exact) mass is 178 g/mol. The van der Waals surface area contributed by atoms with Gasteiger partial charge in [0.1, 0.15) is 5.75 Å². The maximum absolute atomic E-state index is 5.39. The summed E-state index contributed by atoms with van der Waals surface area (Å²) >= 11 is 0. The van der Waals surface area contributed by atoms with Crippen molar-refractivity contribution in [1.29, 1.82) is 0 Å². The van der Waals surface area contributed by atoms with Gasteiger partial charge in [0.2, 0.25) is 0 Å². The lowest BCUT2D eigenvalue weighted by Gasteiger charge is -2.09. The molecular weight excluding hydrogens is 168 g/mol. The summed E-state index contributed by atoms with van der Waals surface area (Å²) in [7, 11) is -0.322. The van der Waals surface area contributed by atoms with Crippen molar-refractivity contribution in [3.63, 3.8) is 0 Å². The molecule has 0 saturated heterocycles. The van der Waals surface area contributed by atoms with Crippen LogP contribution < -0.4 is 4.43 Å². The van der Waals surface area contributed by atoms with E-state index in [1.165, 1.54) is 0 Å². The van der Waals surface area contributed by atoms with Crippen LogP contribution in [0.3, 0.4) is 0 Å². The fraction of sp³-hybridized carbons (Fsp3) is 0.111. The molecule has 0 saturated carbocycles. The van der Waals surface area contributed by atoms with Gasteiger partial charge in [-0.25, -0.2) is 0 Å². The number of rotatable bonds is 3. The fourth-order valence-electron chi connectivity index (χ4n) is 0.773. The molecule has 3 heteroatoms. The summed E-state index contributed by atoms with van der Waals surface area (Å²) in [6, 6.07) is 9.43. The second kappa shape index (κ2) is 4.60. The van der Waals surface area contributed by atoms with Crippen molar-refractivity contribution in [2.45, 2.75) is 0 Å². The smallest absolute Gasteiger partial charge is 0.468 e. The second-order valence-corrected chi connectivity index (χ2v) is 3.87. The van der Waals surface area contributed by atoms with Gasteiger partial charge >= 0.3 is 9.28 Å². The van der Waals surface area contributed by atoms with Crippen LogP contribution in [0.25, 0.3) is 0 Å². The second-order valence-electron chi connectivity index (χ2n) is 2.17. The number of hydrogen-bond acceptors (Lipinski definition) is 2. The molecule has 0 bridgehead atoms. The zero-order valence-corrected chi connectivity index (χ0v) is 8.01. The third kappa shape index (κ3) is 2.42. The van der Waals surface area contributed by atoms with Crippen LogP contribution in [0.5, 0.6) is 5.75 Å². The van der Waals surface area contributed by atoms with Crippen LogP contribution >= 0.6 is 0 Å². The molecule has 1 rings (SSSR count). The average molecular weight is 178 g/mol. The van der Waals surface area contributed by atoms with E-state index in [9.17, 15) is 0 Å². The number of hydrogen-bond donors (Lipinski definition) is 0. The molecule has 1 aromatic carbocycles. The predicted molar refractivity (Wildman–Crippen MR) is 50.1 cm³/mol. The molecule has 1 aromatic rings. The zero-order chi connectivity index (χ0) is 8.81. The summed E-state index contributed by atoms with van der Waals surface area (Å²) in [6.45, 7) is 0. The van der Waals surface area contributed by atoms with Crippen LogP contribution in [0.2, 0.25) is 0 Å². The predicted octanol–water partition coefficient (Wildman–Crippen LogP) is 1.10. The van der Waals surface area contributed by atoms with Gasteiger partial charge < -0.3 is 8.85 Å². The van der Waals surface area contributed by atoms with Crippen LogP contribution in [0.15, 0.2) is 30.3 Å². The Balaban J connectivity index is 2.58. The van der Waals surface area contributed by atoms with Crippen molar-refractivity contribution in [2.24, 2.45) is 0 Å². The number of benzene rings is 1. The minimum atomic E-state index is -1.89. The highest BCUT2D eigenvalue weighted by Crippen LogP contribution is 2.09. The third-order valence-corrected chi connectivity index (χ3v) is 2.52. The van der Waals surface area contributed by atoms with E-state index in [-0.39, 0.29) is 0 Å². The molecule has 0 N–H and O–H groups in total. The van der Waals surface area contributed by atoms with Crippen molar-refractivity contribution >= 4 is 9.28 Å². The molecule has 1 unspecified atom stereocenters. The SMILES string of the molecule is C#C[SiH](OC)Oc1ccccc1. The van der Waals surface area contributed by atoms with Crippen LogP contribution in [0, 0.1) is 12.0 Å². The molecular formula is C9H10O2Si. The van der Waals surface area contributed by atoms with Gasteiger partial charge in [0.05, 0.1) is 0 Å². The van der Waals surface area contributed by atoms with Gasteiger partial charge in [0.15, 0.2) is 0 Å². The summed E-state index contributed by atoms with van der Waals surface area (Å²) < 4.78 is 10.4. The van der Waals surface area contributed by atoms with Gasteiger partial charge in [0, 0.05) is 7.11 Å². The molecule has 0 aliphatic heterocycles. The van der Waals surface area contributed by atoms with Crippen molar-refractivity contribution in [2.75, 3.05) is 7.11 Å². The molecule has 0 radical (unpaired) electrons. The molecule has 0 aliphatic rings. The summed E-state index contributed by atoms with van der Waals surface area (Å²) in [5.74, 6) is 0.772. The van der Waals surface area contributed by atoms with Crippen molar-refractivity contribution < 1.29 is 8.85 Å². The quantitative estimate of drug-likeness (QED) is 0.510. The fourth-order valence-corrected chi connectivity index (χ4v) is 1.48. The van der Waals surface area contributed by atoms with E-state index in [0.29, 0.717) is 0 Å². The Kier molecular flexibility index (Phi) is 3.39. The highest BCUT2D eigenvalue weighted by Gasteiger charge is 2.07. The van der Waals surface area contributed by atoms with E-state index < -0.39 is 9.28 Å². The summed E-state index contributed by atoms with van der Waals surface area (Å²) in [4.78, 5) is 0. The standard InChI is InChI=1S/C9H10O2Si/c1-3-12(10-2)11-9-7-5-4-6-8-9/h1,4-8,12H,2H3.